The largest absolute Gasteiger partial charge is 0.493 e. The molecule has 0 saturated heterocycles. The van der Waals surface area contributed by atoms with E-state index >= 15 is 0 Å². The zero-order valence-corrected chi connectivity index (χ0v) is 19.9. The van der Waals surface area contributed by atoms with Crippen LogP contribution in [0.25, 0.3) is 0 Å². The van der Waals surface area contributed by atoms with E-state index in [1.807, 2.05) is 0 Å². The van der Waals surface area contributed by atoms with Crippen LogP contribution < -0.4 is 20.1 Å². The number of amides is 2. The van der Waals surface area contributed by atoms with Crippen molar-refractivity contribution >= 4 is 21.8 Å². The lowest BCUT2D eigenvalue weighted by Crippen LogP contribution is -2.47. The van der Waals surface area contributed by atoms with Crippen LogP contribution in [0, 0.1) is 12.7 Å². The van der Waals surface area contributed by atoms with E-state index < -0.39 is 39.4 Å². The van der Waals surface area contributed by atoms with Gasteiger partial charge in [0.2, 0.25) is 0 Å². The van der Waals surface area contributed by atoms with E-state index in [9.17, 15) is 22.4 Å². The summed E-state index contributed by atoms with van der Waals surface area (Å²) in [5.41, 5.74) is 0.390. The summed E-state index contributed by atoms with van der Waals surface area (Å²) < 4.78 is 55.6. The Morgan fingerprint density at radius 1 is 1.09 bits per heavy atom. The number of hydrogen-bond donors (Lipinski definition) is 2. The molecule has 3 rings (SSSR count). The van der Waals surface area contributed by atoms with Gasteiger partial charge in [-0.15, -0.1) is 0 Å². The summed E-state index contributed by atoms with van der Waals surface area (Å²) in [5.74, 6) is -1.26. The number of hydrogen-bond acceptors (Lipinski definition) is 7. The van der Waals surface area contributed by atoms with Crippen LogP contribution in [0.3, 0.4) is 0 Å². The summed E-state index contributed by atoms with van der Waals surface area (Å²) in [7, 11) is -1.15. The van der Waals surface area contributed by atoms with E-state index in [4.69, 9.17) is 14.2 Å². The number of urea groups is 1. The van der Waals surface area contributed by atoms with Crippen LogP contribution in [-0.4, -0.2) is 47.0 Å². The molecule has 2 N–H and O–H groups in total. The molecule has 0 saturated carbocycles. The van der Waals surface area contributed by atoms with Gasteiger partial charge in [-0.2, -0.15) is 0 Å². The highest BCUT2D eigenvalue weighted by Crippen LogP contribution is 2.35. The van der Waals surface area contributed by atoms with E-state index in [2.05, 4.69) is 10.6 Å². The van der Waals surface area contributed by atoms with E-state index in [0.29, 0.717) is 17.1 Å². The van der Waals surface area contributed by atoms with Crippen molar-refractivity contribution in [2.45, 2.75) is 24.8 Å². The maximum absolute atomic E-state index is 13.7. The van der Waals surface area contributed by atoms with E-state index in [-0.39, 0.29) is 28.3 Å². The Balaban J connectivity index is 2.13. The fourth-order valence-electron chi connectivity index (χ4n) is 3.55. The van der Waals surface area contributed by atoms with Gasteiger partial charge in [0.15, 0.2) is 21.3 Å². The summed E-state index contributed by atoms with van der Waals surface area (Å²) in [6.07, 6.45) is 0. The lowest BCUT2D eigenvalue weighted by atomic mass is 9.95. The first kappa shape index (κ1) is 25.0. The van der Waals surface area contributed by atoms with Crippen molar-refractivity contribution in [1.29, 1.82) is 0 Å². The van der Waals surface area contributed by atoms with Gasteiger partial charge in [0, 0.05) is 5.70 Å². The molecule has 1 aliphatic heterocycles. The van der Waals surface area contributed by atoms with Crippen LogP contribution in [0.1, 0.15) is 24.1 Å². The Labute approximate surface area is 196 Å². The van der Waals surface area contributed by atoms with Crippen molar-refractivity contribution in [3.05, 3.63) is 64.6 Å². The summed E-state index contributed by atoms with van der Waals surface area (Å²) in [6, 6.07) is 6.46. The highest BCUT2D eigenvalue weighted by molar-refractivity contribution is 7.91. The Morgan fingerprint density at radius 2 is 1.79 bits per heavy atom. The van der Waals surface area contributed by atoms with Crippen LogP contribution >= 0.6 is 0 Å². The number of carbonyl (C=O) groups excluding carboxylic acids is 2. The van der Waals surface area contributed by atoms with Gasteiger partial charge in [-0.3, -0.25) is 0 Å². The fraction of sp³-hybridized carbons (Fsp3) is 0.304. The minimum absolute atomic E-state index is 0.0338. The Morgan fingerprint density at radius 3 is 2.41 bits per heavy atom. The Kier molecular flexibility index (Phi) is 7.45. The van der Waals surface area contributed by atoms with Crippen molar-refractivity contribution in [2.75, 3.05) is 26.6 Å². The topological polar surface area (TPSA) is 120 Å². The van der Waals surface area contributed by atoms with Crippen molar-refractivity contribution < 1.29 is 36.6 Å². The molecule has 11 heteroatoms. The first-order valence-corrected chi connectivity index (χ1v) is 11.9. The van der Waals surface area contributed by atoms with Gasteiger partial charge in [0.1, 0.15) is 5.82 Å². The molecule has 2 aromatic carbocycles. The number of aryl methyl sites for hydroxylation is 1. The molecule has 0 aliphatic carbocycles. The zero-order chi connectivity index (χ0) is 25.0. The molecule has 182 valence electrons. The smallest absolute Gasteiger partial charge is 0.338 e. The highest BCUT2D eigenvalue weighted by Gasteiger charge is 2.36. The first-order valence-electron chi connectivity index (χ1n) is 10.3. The normalized spacial score (nSPS) is 15.9. The average Bonchev–Trinajstić information content (AvgIpc) is 2.79. The van der Waals surface area contributed by atoms with Gasteiger partial charge in [-0.25, -0.2) is 22.4 Å². The van der Waals surface area contributed by atoms with Crippen molar-refractivity contribution in [3.8, 4) is 11.5 Å². The van der Waals surface area contributed by atoms with Crippen molar-refractivity contribution in [3.63, 3.8) is 0 Å². The van der Waals surface area contributed by atoms with Crippen LogP contribution in [0.5, 0.6) is 11.5 Å². The predicted octanol–water partition coefficient (Wildman–Crippen LogP) is 2.80. The number of halogens is 1. The number of nitrogens with one attached hydrogen (secondary N) is 2. The molecular weight excluding hydrogens is 467 g/mol. The van der Waals surface area contributed by atoms with E-state index in [1.54, 1.807) is 25.1 Å². The van der Waals surface area contributed by atoms with E-state index in [0.717, 1.165) is 12.1 Å². The maximum Gasteiger partial charge on any atom is 0.338 e. The molecule has 2 amide bonds. The zero-order valence-electron chi connectivity index (χ0n) is 19.1. The average molecular weight is 493 g/mol. The van der Waals surface area contributed by atoms with Crippen molar-refractivity contribution in [2.24, 2.45) is 0 Å². The third-order valence-corrected chi connectivity index (χ3v) is 6.85. The molecule has 0 bridgehead atoms. The van der Waals surface area contributed by atoms with Gasteiger partial charge < -0.3 is 24.8 Å². The third kappa shape index (κ3) is 5.14. The molecule has 1 atom stereocenters. The second kappa shape index (κ2) is 10.1. The number of ether oxygens (including phenoxy) is 3. The summed E-state index contributed by atoms with van der Waals surface area (Å²) in [5, 5.41) is 5.06. The molecule has 0 unspecified atom stereocenters. The Bertz CT molecular complexity index is 1260. The number of sulfone groups is 1. The number of esters is 1. The van der Waals surface area contributed by atoms with Gasteiger partial charge >= 0.3 is 12.0 Å². The molecule has 34 heavy (non-hydrogen) atoms. The minimum atomic E-state index is -4.05. The van der Waals surface area contributed by atoms with E-state index in [1.165, 1.54) is 27.2 Å². The molecule has 0 fully saturated rings. The van der Waals surface area contributed by atoms with Gasteiger partial charge in [0.25, 0.3) is 0 Å². The van der Waals surface area contributed by atoms with Crippen LogP contribution in [0.15, 0.2) is 52.6 Å². The predicted molar refractivity (Wildman–Crippen MR) is 121 cm³/mol. The standard InChI is InChI=1S/C23H25FN2O7S/c1-5-33-22(27)20-17(12-34(29,30)15-7-8-16(24)13(2)10-15)25-23(28)26-21(20)14-6-9-18(31-3)19(11-14)32-4/h6-11,21H,5,12H2,1-4H3,(H2,25,26,28)/t21-/m0/s1. The Hall–Kier alpha value is -3.60. The summed E-state index contributed by atoms with van der Waals surface area (Å²) in [6.45, 7) is 3.08. The third-order valence-electron chi connectivity index (χ3n) is 5.21. The second-order valence-electron chi connectivity index (χ2n) is 7.43. The molecule has 2 aromatic rings. The molecule has 0 spiro atoms. The van der Waals surface area contributed by atoms with Crippen molar-refractivity contribution in [1.82, 2.24) is 10.6 Å². The number of carbonyl (C=O) groups is 2. The number of benzene rings is 2. The number of methoxy groups -OCH3 is 2. The quantitative estimate of drug-likeness (QED) is 0.429. The summed E-state index contributed by atoms with van der Waals surface area (Å²) in [4.78, 5) is 25.3. The van der Waals surface area contributed by atoms with Gasteiger partial charge in [-0.1, -0.05) is 6.07 Å². The second-order valence-corrected chi connectivity index (χ2v) is 9.42. The first-order chi connectivity index (χ1) is 16.1. The molecule has 0 radical (unpaired) electrons. The minimum Gasteiger partial charge on any atom is -0.493 e. The fourth-order valence-corrected chi connectivity index (χ4v) is 4.95. The molecule has 1 heterocycles. The lowest BCUT2D eigenvalue weighted by Gasteiger charge is -2.29. The molecule has 0 aromatic heterocycles. The lowest BCUT2D eigenvalue weighted by molar-refractivity contribution is -0.139. The SMILES string of the molecule is CCOC(=O)C1=C(CS(=O)(=O)c2ccc(F)c(C)c2)NC(=O)N[C@H]1c1ccc(OC)c(OC)c1. The monoisotopic (exact) mass is 492 g/mol. The number of rotatable bonds is 8. The maximum atomic E-state index is 13.7. The molecule has 9 nitrogen and oxygen atoms in total. The highest BCUT2D eigenvalue weighted by atomic mass is 32.2. The molecular formula is C23H25FN2O7S. The van der Waals surface area contributed by atoms with Crippen LogP contribution in [0.2, 0.25) is 0 Å². The van der Waals surface area contributed by atoms with Crippen LogP contribution in [0.4, 0.5) is 9.18 Å². The summed E-state index contributed by atoms with van der Waals surface area (Å²) >= 11 is 0. The molecule has 1 aliphatic rings. The van der Waals surface area contributed by atoms with Gasteiger partial charge in [0.05, 0.1) is 43.1 Å². The van der Waals surface area contributed by atoms with Gasteiger partial charge in [-0.05, 0) is 55.3 Å². The van der Waals surface area contributed by atoms with Crippen LogP contribution in [-0.2, 0) is 19.4 Å².